The fourth-order valence-electron chi connectivity index (χ4n) is 3.94. The van der Waals surface area contributed by atoms with Gasteiger partial charge in [0, 0.05) is 6.04 Å². The molecular formula is C12H21N. The summed E-state index contributed by atoms with van der Waals surface area (Å²) in [5, 5.41) is 0. The molecule has 2 bridgehead atoms. The molecule has 0 radical (unpaired) electrons. The fourth-order valence-corrected chi connectivity index (χ4v) is 3.94. The van der Waals surface area contributed by atoms with Crippen molar-refractivity contribution in [3.05, 3.63) is 0 Å². The molecule has 5 atom stereocenters. The Morgan fingerprint density at radius 2 is 1.85 bits per heavy atom. The Kier molecular flexibility index (Phi) is 1.90. The van der Waals surface area contributed by atoms with Crippen molar-refractivity contribution in [2.24, 2.45) is 29.4 Å². The van der Waals surface area contributed by atoms with Crippen molar-refractivity contribution in [2.45, 2.75) is 51.0 Å². The first kappa shape index (κ1) is 8.28. The predicted octanol–water partition coefficient (Wildman–Crippen LogP) is 2.55. The van der Waals surface area contributed by atoms with E-state index < -0.39 is 0 Å². The molecule has 0 aromatic heterocycles. The molecule has 0 aromatic carbocycles. The van der Waals surface area contributed by atoms with Crippen LogP contribution in [0.2, 0.25) is 0 Å². The minimum Gasteiger partial charge on any atom is -0.327 e. The summed E-state index contributed by atoms with van der Waals surface area (Å²) in [4.78, 5) is 0. The fraction of sp³-hybridized carbons (Fsp3) is 1.00. The third kappa shape index (κ3) is 1.32. The number of hydrogen-bond donors (Lipinski definition) is 1. The average Bonchev–Trinajstić information content (AvgIpc) is 2.72. The lowest BCUT2D eigenvalue weighted by molar-refractivity contribution is 0.174. The van der Waals surface area contributed by atoms with Gasteiger partial charge in [0.2, 0.25) is 0 Å². The molecule has 3 rings (SSSR count). The predicted molar refractivity (Wildman–Crippen MR) is 54.3 cm³/mol. The van der Waals surface area contributed by atoms with Crippen molar-refractivity contribution in [2.75, 3.05) is 0 Å². The van der Waals surface area contributed by atoms with E-state index >= 15 is 0 Å². The van der Waals surface area contributed by atoms with E-state index in [-0.39, 0.29) is 0 Å². The van der Waals surface area contributed by atoms with Crippen LogP contribution in [0.25, 0.3) is 0 Å². The lowest BCUT2D eigenvalue weighted by atomic mass is 9.72. The van der Waals surface area contributed by atoms with Crippen molar-refractivity contribution >= 4 is 0 Å². The minimum atomic E-state index is 0.569. The Labute approximate surface area is 81.1 Å². The summed E-state index contributed by atoms with van der Waals surface area (Å²) >= 11 is 0. The van der Waals surface area contributed by atoms with Crippen LogP contribution in [0.3, 0.4) is 0 Å². The van der Waals surface area contributed by atoms with Gasteiger partial charge in [-0.25, -0.2) is 0 Å². The molecule has 0 aromatic rings. The van der Waals surface area contributed by atoms with Crippen LogP contribution in [0.15, 0.2) is 0 Å². The number of fused-ring (bicyclic) bond motifs is 2. The first-order valence-corrected chi connectivity index (χ1v) is 6.08. The zero-order valence-corrected chi connectivity index (χ0v) is 8.41. The summed E-state index contributed by atoms with van der Waals surface area (Å²) in [7, 11) is 0. The van der Waals surface area contributed by atoms with Crippen LogP contribution in [0.4, 0.5) is 0 Å². The van der Waals surface area contributed by atoms with E-state index in [0.29, 0.717) is 6.04 Å². The molecule has 0 aliphatic heterocycles. The Balaban J connectivity index is 1.56. The summed E-state index contributed by atoms with van der Waals surface area (Å²) < 4.78 is 0. The maximum absolute atomic E-state index is 6.00. The molecule has 0 heterocycles. The Hall–Kier alpha value is -0.0400. The smallest absolute Gasteiger partial charge is 0.00673 e. The van der Waals surface area contributed by atoms with Crippen LogP contribution in [-0.2, 0) is 0 Å². The standard InChI is InChI=1S/C12H21N/c13-12-4-3-10(12)7-11-6-8-1-2-9(11)5-8/h8-12H,1-7,13H2. The second kappa shape index (κ2) is 2.98. The van der Waals surface area contributed by atoms with Crippen LogP contribution in [0.1, 0.15) is 44.9 Å². The van der Waals surface area contributed by atoms with Gasteiger partial charge in [0.1, 0.15) is 0 Å². The SMILES string of the molecule is NC1CCC1CC1CC2CCC1C2. The Bertz CT molecular complexity index is 201. The molecule has 0 amide bonds. The van der Waals surface area contributed by atoms with Gasteiger partial charge in [-0.1, -0.05) is 6.42 Å². The van der Waals surface area contributed by atoms with E-state index in [1.54, 1.807) is 12.8 Å². The van der Waals surface area contributed by atoms with Crippen molar-refractivity contribution in [1.82, 2.24) is 0 Å². The third-order valence-corrected chi connectivity index (χ3v) is 4.97. The van der Waals surface area contributed by atoms with Crippen molar-refractivity contribution < 1.29 is 0 Å². The highest BCUT2D eigenvalue weighted by molar-refractivity contribution is 4.94. The zero-order chi connectivity index (χ0) is 8.84. The molecule has 0 saturated heterocycles. The third-order valence-electron chi connectivity index (χ3n) is 4.97. The monoisotopic (exact) mass is 179 g/mol. The highest BCUT2D eigenvalue weighted by atomic mass is 14.7. The lowest BCUT2D eigenvalue weighted by Crippen LogP contribution is -2.40. The largest absolute Gasteiger partial charge is 0.327 e. The van der Waals surface area contributed by atoms with Gasteiger partial charge in [0.05, 0.1) is 0 Å². The highest BCUT2D eigenvalue weighted by Gasteiger charge is 2.41. The van der Waals surface area contributed by atoms with Crippen molar-refractivity contribution in [1.29, 1.82) is 0 Å². The highest BCUT2D eigenvalue weighted by Crippen LogP contribution is 2.51. The molecule has 0 spiro atoms. The second-order valence-electron chi connectivity index (χ2n) is 5.67. The van der Waals surface area contributed by atoms with E-state index in [9.17, 15) is 0 Å². The summed E-state index contributed by atoms with van der Waals surface area (Å²) in [6.07, 6.45) is 10.4. The van der Waals surface area contributed by atoms with Gasteiger partial charge in [0.25, 0.3) is 0 Å². The number of nitrogens with two attached hydrogens (primary N) is 1. The van der Waals surface area contributed by atoms with E-state index in [1.165, 1.54) is 32.1 Å². The van der Waals surface area contributed by atoms with Crippen LogP contribution >= 0.6 is 0 Å². The van der Waals surface area contributed by atoms with Gasteiger partial charge in [-0.15, -0.1) is 0 Å². The van der Waals surface area contributed by atoms with Crippen LogP contribution in [0, 0.1) is 23.7 Å². The number of hydrogen-bond acceptors (Lipinski definition) is 1. The van der Waals surface area contributed by atoms with Crippen LogP contribution in [0.5, 0.6) is 0 Å². The van der Waals surface area contributed by atoms with Gasteiger partial charge >= 0.3 is 0 Å². The average molecular weight is 179 g/mol. The molecular weight excluding hydrogens is 158 g/mol. The maximum atomic E-state index is 6.00. The summed E-state index contributed by atoms with van der Waals surface area (Å²) in [6, 6.07) is 0.569. The topological polar surface area (TPSA) is 26.0 Å². The van der Waals surface area contributed by atoms with Crippen molar-refractivity contribution in [3.8, 4) is 0 Å². The van der Waals surface area contributed by atoms with E-state index in [2.05, 4.69) is 0 Å². The van der Waals surface area contributed by atoms with Gasteiger partial charge < -0.3 is 5.73 Å². The molecule has 3 fully saturated rings. The van der Waals surface area contributed by atoms with Crippen molar-refractivity contribution in [3.63, 3.8) is 0 Å². The molecule has 3 aliphatic carbocycles. The molecule has 3 aliphatic rings. The van der Waals surface area contributed by atoms with Crippen LogP contribution in [-0.4, -0.2) is 6.04 Å². The van der Waals surface area contributed by atoms with Gasteiger partial charge in [-0.05, 0) is 62.2 Å². The molecule has 1 nitrogen and oxygen atoms in total. The Morgan fingerprint density at radius 3 is 2.31 bits per heavy atom. The molecule has 1 heteroatoms. The van der Waals surface area contributed by atoms with Gasteiger partial charge in [-0.2, -0.15) is 0 Å². The van der Waals surface area contributed by atoms with Crippen LogP contribution < -0.4 is 5.73 Å². The molecule has 13 heavy (non-hydrogen) atoms. The zero-order valence-electron chi connectivity index (χ0n) is 8.41. The van der Waals surface area contributed by atoms with E-state index in [0.717, 1.165) is 23.7 Å². The molecule has 74 valence electrons. The van der Waals surface area contributed by atoms with E-state index in [4.69, 9.17) is 5.73 Å². The molecule has 5 unspecified atom stereocenters. The molecule has 2 N–H and O–H groups in total. The second-order valence-corrected chi connectivity index (χ2v) is 5.67. The maximum Gasteiger partial charge on any atom is 0.00673 e. The number of rotatable bonds is 2. The quantitative estimate of drug-likeness (QED) is 0.692. The Morgan fingerprint density at radius 1 is 0.923 bits per heavy atom. The first-order chi connectivity index (χ1) is 6.33. The van der Waals surface area contributed by atoms with Gasteiger partial charge in [0.15, 0.2) is 0 Å². The summed E-state index contributed by atoms with van der Waals surface area (Å²) in [5.41, 5.74) is 6.00. The first-order valence-electron chi connectivity index (χ1n) is 6.08. The summed E-state index contributed by atoms with van der Waals surface area (Å²) in [5.74, 6) is 4.21. The van der Waals surface area contributed by atoms with E-state index in [1.807, 2.05) is 0 Å². The summed E-state index contributed by atoms with van der Waals surface area (Å²) in [6.45, 7) is 0. The minimum absolute atomic E-state index is 0.569. The van der Waals surface area contributed by atoms with Gasteiger partial charge in [-0.3, -0.25) is 0 Å². The lowest BCUT2D eigenvalue weighted by Gasteiger charge is -2.37. The normalized spacial score (nSPS) is 53.8. The molecule has 3 saturated carbocycles.